The fourth-order valence-corrected chi connectivity index (χ4v) is 0.224. The average Bonchev–Trinajstić information content (AvgIpc) is 1.68. The van der Waals surface area contributed by atoms with E-state index in [0.717, 1.165) is 14.2 Å². The van der Waals surface area contributed by atoms with Crippen LogP contribution >= 0.6 is 7.82 Å². The zero-order valence-electron chi connectivity index (χ0n) is 4.83. The Morgan fingerprint density at radius 2 is 1.62 bits per heavy atom. The van der Waals surface area contributed by atoms with E-state index in [0.29, 0.717) is 0 Å². The number of rotatable bonds is 2. The summed E-state index contributed by atoms with van der Waals surface area (Å²) in [5, 5.41) is 0. The molecule has 1 N–H and O–H groups in total. The van der Waals surface area contributed by atoms with E-state index in [1.54, 1.807) is 0 Å². The van der Waals surface area contributed by atoms with Gasteiger partial charge in [-0.25, -0.2) is 4.57 Å². The van der Waals surface area contributed by atoms with Crippen LogP contribution in [0.4, 0.5) is 0 Å². The minimum Gasteiger partial charge on any atom is -0.303 e. The molecule has 0 spiro atoms. The van der Waals surface area contributed by atoms with Gasteiger partial charge in [-0.1, -0.05) is 0 Å². The number of phosphoric acid groups is 1. The van der Waals surface area contributed by atoms with Crippen LogP contribution in [0.1, 0.15) is 0 Å². The first-order valence-corrected chi connectivity index (χ1v) is 3.06. The number of hydrogen-bond acceptors (Lipinski definition) is 3. The van der Waals surface area contributed by atoms with E-state index in [9.17, 15) is 4.57 Å². The zero-order valence-corrected chi connectivity index (χ0v) is 8.69. The predicted molar refractivity (Wildman–Crippen MR) is 23.8 cm³/mol. The normalized spacial score (nSPS) is 10.4. The van der Waals surface area contributed by atoms with Crippen molar-refractivity contribution >= 4 is 7.82 Å². The van der Waals surface area contributed by atoms with Crippen molar-refractivity contribution in [3.63, 3.8) is 0 Å². The van der Waals surface area contributed by atoms with Gasteiger partial charge in [0.1, 0.15) is 0 Å². The van der Waals surface area contributed by atoms with Gasteiger partial charge in [0.15, 0.2) is 0 Å². The van der Waals surface area contributed by atoms with Gasteiger partial charge in [-0.05, 0) is 0 Å². The van der Waals surface area contributed by atoms with Gasteiger partial charge < -0.3 is 4.89 Å². The summed E-state index contributed by atoms with van der Waals surface area (Å²) in [6.45, 7) is 0. The Bertz CT molecular complexity index is 86.0. The van der Waals surface area contributed by atoms with Gasteiger partial charge in [0.2, 0.25) is 0 Å². The van der Waals surface area contributed by atoms with Crippen molar-refractivity contribution in [2.24, 2.45) is 0 Å². The molecule has 0 aromatic carbocycles. The van der Waals surface area contributed by atoms with Crippen LogP contribution < -0.4 is 0 Å². The van der Waals surface area contributed by atoms with Gasteiger partial charge in [0.25, 0.3) is 0 Å². The fraction of sp³-hybridized carbons (Fsp3) is 1.00. The molecule has 46 valence electrons. The molecule has 0 radical (unpaired) electrons. The Kier molecular flexibility index (Phi) is 6.62. The molecule has 0 saturated carbocycles. The summed E-state index contributed by atoms with van der Waals surface area (Å²) in [6.07, 6.45) is 0. The van der Waals surface area contributed by atoms with E-state index in [-0.39, 0.29) is 19.5 Å². The molecule has 0 heterocycles. The molecule has 0 saturated heterocycles. The Morgan fingerprint density at radius 1 is 1.38 bits per heavy atom. The van der Waals surface area contributed by atoms with E-state index >= 15 is 0 Å². The van der Waals surface area contributed by atoms with Gasteiger partial charge in [-0.2, -0.15) is 0 Å². The second kappa shape index (κ2) is 4.60. The van der Waals surface area contributed by atoms with Crippen LogP contribution in [0.3, 0.4) is 0 Å². The van der Waals surface area contributed by atoms with Crippen molar-refractivity contribution in [3.8, 4) is 0 Å². The Morgan fingerprint density at radius 3 is 1.62 bits per heavy atom. The third-order valence-electron chi connectivity index (χ3n) is 0.461. The summed E-state index contributed by atoms with van der Waals surface area (Å²) in [7, 11) is -1.45. The van der Waals surface area contributed by atoms with Crippen molar-refractivity contribution in [1.82, 2.24) is 0 Å². The van der Waals surface area contributed by atoms with E-state index in [4.69, 9.17) is 4.89 Å². The average molecular weight is 191 g/mol. The summed E-state index contributed by atoms with van der Waals surface area (Å²) >= 11 is 0. The molecule has 6 heteroatoms. The molecule has 8 heavy (non-hydrogen) atoms. The molecule has 0 aliphatic heterocycles. The van der Waals surface area contributed by atoms with Gasteiger partial charge in [0, 0.05) is 33.7 Å². The molecule has 0 fully saturated rings. The molecule has 0 bridgehead atoms. The minimum atomic E-state index is -3.65. The molecular formula is C2H7O4PZn. The van der Waals surface area contributed by atoms with Crippen LogP contribution in [-0.4, -0.2) is 19.1 Å². The maximum absolute atomic E-state index is 10.1. The van der Waals surface area contributed by atoms with Crippen molar-refractivity contribution in [2.45, 2.75) is 0 Å². The molecule has 0 atom stereocenters. The molecule has 0 aromatic heterocycles. The first kappa shape index (κ1) is 11.5. The van der Waals surface area contributed by atoms with Crippen LogP contribution in [0.15, 0.2) is 0 Å². The van der Waals surface area contributed by atoms with Gasteiger partial charge in [0.05, 0.1) is 0 Å². The topological polar surface area (TPSA) is 55.8 Å². The van der Waals surface area contributed by atoms with Crippen molar-refractivity contribution in [2.75, 3.05) is 14.2 Å². The van der Waals surface area contributed by atoms with Crippen molar-refractivity contribution in [3.05, 3.63) is 0 Å². The van der Waals surface area contributed by atoms with E-state index in [2.05, 4.69) is 9.05 Å². The quantitative estimate of drug-likeness (QED) is 0.506. The summed E-state index contributed by atoms with van der Waals surface area (Å²) in [4.78, 5) is 8.24. The second-order valence-corrected chi connectivity index (χ2v) is 2.50. The fourth-order valence-electron chi connectivity index (χ4n) is 0.0745. The van der Waals surface area contributed by atoms with Crippen LogP contribution in [0.2, 0.25) is 0 Å². The second-order valence-electron chi connectivity index (χ2n) is 0.834. The third kappa shape index (κ3) is 4.88. The van der Waals surface area contributed by atoms with Crippen LogP contribution in [0, 0.1) is 0 Å². The van der Waals surface area contributed by atoms with E-state index < -0.39 is 7.82 Å². The van der Waals surface area contributed by atoms with Crippen LogP contribution in [-0.2, 0) is 33.1 Å². The van der Waals surface area contributed by atoms with E-state index in [1.807, 2.05) is 0 Å². The van der Waals surface area contributed by atoms with Crippen molar-refractivity contribution < 1.29 is 38.0 Å². The monoisotopic (exact) mass is 190 g/mol. The molecule has 0 aliphatic rings. The van der Waals surface area contributed by atoms with Gasteiger partial charge >= 0.3 is 7.82 Å². The maximum Gasteiger partial charge on any atom is 0.471 e. The molecular weight excluding hydrogens is 184 g/mol. The number of hydrogen-bond donors (Lipinski definition) is 1. The molecule has 0 unspecified atom stereocenters. The summed E-state index contributed by atoms with van der Waals surface area (Å²) in [5.74, 6) is 0. The molecule has 0 aromatic rings. The molecule has 4 nitrogen and oxygen atoms in total. The third-order valence-corrected chi connectivity index (χ3v) is 1.38. The van der Waals surface area contributed by atoms with Gasteiger partial charge in [-0.15, -0.1) is 0 Å². The number of phosphoric ester groups is 1. The molecule has 0 aliphatic carbocycles. The Labute approximate surface area is 60.6 Å². The van der Waals surface area contributed by atoms with E-state index in [1.165, 1.54) is 0 Å². The Hall–Kier alpha value is 0.733. The summed E-state index contributed by atoms with van der Waals surface area (Å²) < 4.78 is 18.0. The maximum atomic E-state index is 10.1. The molecule has 0 amide bonds. The zero-order chi connectivity index (χ0) is 5.91. The first-order valence-electron chi connectivity index (χ1n) is 1.56. The Balaban J connectivity index is 0. The molecule has 0 rings (SSSR count). The smallest absolute Gasteiger partial charge is 0.303 e. The van der Waals surface area contributed by atoms with Crippen molar-refractivity contribution in [1.29, 1.82) is 0 Å². The largest absolute Gasteiger partial charge is 0.471 e. The predicted octanol–water partition coefficient (Wildman–Crippen LogP) is 0.377. The SMILES string of the molecule is COP(=O)(O)OC.[Zn]. The van der Waals surface area contributed by atoms with Gasteiger partial charge in [-0.3, -0.25) is 9.05 Å². The summed E-state index contributed by atoms with van der Waals surface area (Å²) in [5.41, 5.74) is 0. The summed E-state index contributed by atoms with van der Waals surface area (Å²) in [6, 6.07) is 0. The van der Waals surface area contributed by atoms with Crippen LogP contribution in [0.25, 0.3) is 0 Å². The minimum absolute atomic E-state index is 0. The van der Waals surface area contributed by atoms with Crippen LogP contribution in [0.5, 0.6) is 0 Å². The standard InChI is InChI=1S/C2H7O4P.Zn/c1-5-7(3,4)6-2;/h1-2H3,(H,3,4);. The first-order chi connectivity index (χ1) is 3.12.